The predicted molar refractivity (Wildman–Crippen MR) is 137 cm³/mol. The monoisotopic (exact) mass is 509 g/mol. The predicted octanol–water partition coefficient (Wildman–Crippen LogP) is 3.81. The molecule has 1 saturated heterocycles. The van der Waals surface area contributed by atoms with Gasteiger partial charge in [0.25, 0.3) is 5.91 Å². The molecule has 0 unspecified atom stereocenters. The normalized spacial score (nSPS) is 16.6. The van der Waals surface area contributed by atoms with E-state index in [1.165, 1.54) is 32.2 Å². The van der Waals surface area contributed by atoms with Crippen LogP contribution in [0.5, 0.6) is 5.75 Å². The van der Waals surface area contributed by atoms with E-state index in [4.69, 9.17) is 4.74 Å². The number of rotatable bonds is 7. The SMILES string of the molecule is COc1cc2nc(CF)cn2cc1NC(=O)c1c(F)cc(N2CCC(NC3CC3)CC2)c2cn(C)nc12. The number of benzene rings is 1. The summed E-state index contributed by atoms with van der Waals surface area (Å²) in [5, 5.41) is 11.6. The van der Waals surface area contributed by atoms with Crippen molar-refractivity contribution in [2.45, 2.75) is 44.4 Å². The standard InChI is InChI=1S/C26H29F2N7O2/c1-33-13-18-21(34-7-5-16(6-8-34)29-15-3-4-15)9-19(28)24(25(18)32-33)26(36)31-20-14-35-12-17(11-27)30-23(35)10-22(20)37-2/h9-10,12-16,29H,3-8,11H2,1-2H3,(H,31,36). The number of carbonyl (C=O) groups is 1. The van der Waals surface area contributed by atoms with Crippen LogP contribution in [-0.2, 0) is 13.7 Å². The number of nitrogens with one attached hydrogen (secondary N) is 2. The average molecular weight is 510 g/mol. The van der Waals surface area contributed by atoms with Crippen LogP contribution in [0.3, 0.4) is 0 Å². The quantitative estimate of drug-likeness (QED) is 0.394. The van der Waals surface area contributed by atoms with E-state index in [-0.39, 0.29) is 11.3 Å². The van der Waals surface area contributed by atoms with Crippen LogP contribution >= 0.6 is 0 Å². The minimum absolute atomic E-state index is 0.137. The van der Waals surface area contributed by atoms with Crippen LogP contribution in [0.15, 0.2) is 30.7 Å². The molecular formula is C26H29F2N7O2. The maximum absolute atomic E-state index is 15.6. The fraction of sp³-hybridized carbons (Fsp3) is 0.423. The highest BCUT2D eigenvalue weighted by Crippen LogP contribution is 2.34. The Morgan fingerprint density at radius 2 is 1.89 bits per heavy atom. The highest BCUT2D eigenvalue weighted by atomic mass is 19.1. The Bertz CT molecular complexity index is 1490. The van der Waals surface area contributed by atoms with Crippen LogP contribution in [0.1, 0.15) is 41.7 Å². The van der Waals surface area contributed by atoms with Gasteiger partial charge in [-0.05, 0) is 31.7 Å². The van der Waals surface area contributed by atoms with E-state index >= 15 is 4.39 Å². The van der Waals surface area contributed by atoms with Gasteiger partial charge in [-0.25, -0.2) is 13.8 Å². The first-order valence-electron chi connectivity index (χ1n) is 12.5. The summed E-state index contributed by atoms with van der Waals surface area (Å²) in [7, 11) is 3.21. The molecule has 4 heterocycles. The zero-order chi connectivity index (χ0) is 25.7. The minimum Gasteiger partial charge on any atom is -0.494 e. The number of halogens is 2. The van der Waals surface area contributed by atoms with Crippen molar-refractivity contribution in [3.8, 4) is 5.75 Å². The van der Waals surface area contributed by atoms with E-state index in [9.17, 15) is 9.18 Å². The van der Waals surface area contributed by atoms with Gasteiger partial charge in [0.2, 0.25) is 0 Å². The van der Waals surface area contributed by atoms with Gasteiger partial charge in [0.1, 0.15) is 40.7 Å². The molecule has 0 radical (unpaired) electrons. The number of nitrogens with zero attached hydrogens (tertiary/aromatic N) is 5. The number of methoxy groups -OCH3 is 1. The third kappa shape index (κ3) is 4.48. The Morgan fingerprint density at radius 1 is 1.14 bits per heavy atom. The molecule has 2 N–H and O–H groups in total. The fourth-order valence-corrected chi connectivity index (χ4v) is 5.17. The highest BCUT2D eigenvalue weighted by molar-refractivity contribution is 6.14. The first kappa shape index (κ1) is 23.7. The van der Waals surface area contributed by atoms with E-state index in [2.05, 4.69) is 25.6 Å². The molecule has 0 bridgehead atoms. The first-order valence-corrected chi connectivity index (χ1v) is 12.5. The molecule has 3 aromatic heterocycles. The summed E-state index contributed by atoms with van der Waals surface area (Å²) in [5.74, 6) is -0.961. The molecule has 194 valence electrons. The molecule has 9 nitrogen and oxygen atoms in total. The summed E-state index contributed by atoms with van der Waals surface area (Å²) in [6.45, 7) is 0.903. The zero-order valence-electron chi connectivity index (χ0n) is 20.8. The van der Waals surface area contributed by atoms with E-state index in [0.29, 0.717) is 34.7 Å². The molecule has 0 spiro atoms. The Hall–Kier alpha value is -3.73. The number of imidazole rings is 1. The van der Waals surface area contributed by atoms with E-state index in [1.807, 2.05) is 6.20 Å². The Labute approximate surface area is 212 Å². The number of anilines is 2. The Morgan fingerprint density at radius 3 is 2.59 bits per heavy atom. The number of aromatic nitrogens is 4. The maximum atomic E-state index is 15.6. The van der Waals surface area contributed by atoms with Crippen LogP contribution in [0.2, 0.25) is 0 Å². The second-order valence-corrected chi connectivity index (χ2v) is 9.86. The molecule has 4 aromatic rings. The Balaban J connectivity index is 1.31. The van der Waals surface area contributed by atoms with Crippen molar-refractivity contribution in [2.24, 2.45) is 7.05 Å². The molecule has 2 aliphatic rings. The van der Waals surface area contributed by atoms with Gasteiger partial charge in [0.15, 0.2) is 0 Å². The van der Waals surface area contributed by atoms with Crippen molar-refractivity contribution < 1.29 is 18.3 Å². The molecule has 1 aromatic carbocycles. The minimum atomic E-state index is -0.713. The van der Waals surface area contributed by atoms with Crippen LogP contribution in [0, 0.1) is 5.82 Å². The molecular weight excluding hydrogens is 480 g/mol. The summed E-state index contributed by atoms with van der Waals surface area (Å²) in [5.41, 5.74) is 1.95. The number of piperidine rings is 1. The van der Waals surface area contributed by atoms with Crippen molar-refractivity contribution in [3.63, 3.8) is 0 Å². The fourth-order valence-electron chi connectivity index (χ4n) is 5.17. The van der Waals surface area contributed by atoms with Crippen LogP contribution in [-0.4, -0.2) is 57.4 Å². The molecule has 6 rings (SSSR count). The molecule has 1 saturated carbocycles. The number of pyridine rings is 1. The number of carbonyl (C=O) groups excluding carboxylic acids is 1. The summed E-state index contributed by atoms with van der Waals surface area (Å²) >= 11 is 0. The third-order valence-electron chi connectivity index (χ3n) is 7.16. The molecule has 0 atom stereocenters. The number of amides is 1. The third-order valence-corrected chi connectivity index (χ3v) is 7.16. The van der Waals surface area contributed by atoms with E-state index in [0.717, 1.165) is 37.0 Å². The summed E-state index contributed by atoms with van der Waals surface area (Å²) in [4.78, 5) is 19.7. The van der Waals surface area contributed by atoms with Gasteiger partial charge in [-0.15, -0.1) is 0 Å². The van der Waals surface area contributed by atoms with Gasteiger partial charge in [-0.2, -0.15) is 5.10 Å². The molecule has 1 aliphatic heterocycles. The number of fused-ring (bicyclic) bond motifs is 2. The van der Waals surface area contributed by atoms with Gasteiger partial charge in [-0.1, -0.05) is 0 Å². The van der Waals surface area contributed by atoms with Crippen molar-refractivity contribution >= 4 is 33.8 Å². The second-order valence-electron chi connectivity index (χ2n) is 9.86. The van der Waals surface area contributed by atoms with Gasteiger partial charge >= 0.3 is 0 Å². The van der Waals surface area contributed by atoms with Crippen LogP contribution in [0.4, 0.5) is 20.2 Å². The number of ether oxygens (including phenoxy) is 1. The van der Waals surface area contributed by atoms with Crippen molar-refractivity contribution in [1.82, 2.24) is 24.5 Å². The topological polar surface area (TPSA) is 88.7 Å². The second kappa shape index (κ2) is 9.29. The summed E-state index contributed by atoms with van der Waals surface area (Å²) < 4.78 is 37.3. The van der Waals surface area contributed by atoms with Crippen LogP contribution in [0.25, 0.3) is 16.6 Å². The largest absolute Gasteiger partial charge is 0.494 e. The van der Waals surface area contributed by atoms with Gasteiger partial charge in [0.05, 0.1) is 18.5 Å². The molecule has 11 heteroatoms. The zero-order valence-corrected chi connectivity index (χ0v) is 20.8. The lowest BCUT2D eigenvalue weighted by Gasteiger charge is -2.34. The smallest absolute Gasteiger partial charge is 0.261 e. The number of hydrogen-bond acceptors (Lipinski definition) is 6. The highest BCUT2D eigenvalue weighted by Gasteiger charge is 2.29. The molecule has 37 heavy (non-hydrogen) atoms. The van der Waals surface area contributed by atoms with Gasteiger partial charge < -0.3 is 24.7 Å². The number of aryl methyl sites for hydroxylation is 1. The number of hydrogen-bond donors (Lipinski definition) is 2. The summed E-state index contributed by atoms with van der Waals surface area (Å²) in [6.07, 6.45) is 9.41. The average Bonchev–Trinajstić information content (AvgIpc) is 3.47. The lowest BCUT2D eigenvalue weighted by Crippen LogP contribution is -2.43. The molecule has 1 amide bonds. The molecule has 1 aliphatic carbocycles. The van der Waals surface area contributed by atoms with Gasteiger partial charge in [-0.3, -0.25) is 9.48 Å². The Kier molecular flexibility index (Phi) is 5.94. The molecule has 2 fully saturated rings. The maximum Gasteiger partial charge on any atom is 0.261 e. The van der Waals surface area contributed by atoms with Crippen molar-refractivity contribution in [2.75, 3.05) is 30.4 Å². The number of alkyl halides is 1. The van der Waals surface area contributed by atoms with E-state index < -0.39 is 18.4 Å². The van der Waals surface area contributed by atoms with Crippen molar-refractivity contribution in [1.29, 1.82) is 0 Å². The lowest BCUT2D eigenvalue weighted by molar-refractivity contribution is 0.102. The van der Waals surface area contributed by atoms with Gasteiger partial charge in [0, 0.05) is 62.3 Å². The lowest BCUT2D eigenvalue weighted by atomic mass is 10.0. The van der Waals surface area contributed by atoms with Crippen molar-refractivity contribution in [3.05, 3.63) is 47.8 Å². The van der Waals surface area contributed by atoms with Crippen LogP contribution < -0.4 is 20.3 Å². The first-order chi connectivity index (χ1) is 17.9. The van der Waals surface area contributed by atoms with E-state index in [1.54, 1.807) is 28.4 Å². The summed E-state index contributed by atoms with van der Waals surface area (Å²) in [6, 6.07) is 4.19.